The molecule has 1 fully saturated rings. The van der Waals surface area contributed by atoms with Crippen molar-refractivity contribution in [2.45, 2.75) is 26.9 Å². The van der Waals surface area contributed by atoms with Crippen LogP contribution in [0.3, 0.4) is 0 Å². The summed E-state index contributed by atoms with van der Waals surface area (Å²) in [6.07, 6.45) is 0. The predicted molar refractivity (Wildman–Crippen MR) is 129 cm³/mol. The van der Waals surface area contributed by atoms with Crippen LogP contribution in [0, 0.1) is 13.8 Å². The van der Waals surface area contributed by atoms with Crippen LogP contribution in [-0.4, -0.2) is 49.0 Å². The van der Waals surface area contributed by atoms with Crippen molar-refractivity contribution in [3.05, 3.63) is 64.7 Å². The van der Waals surface area contributed by atoms with E-state index in [1.54, 1.807) is 0 Å². The van der Waals surface area contributed by atoms with Crippen molar-refractivity contribution in [3.63, 3.8) is 0 Å². The van der Waals surface area contributed by atoms with E-state index in [4.69, 9.17) is 5.73 Å². The van der Waals surface area contributed by atoms with Crippen LogP contribution in [0.5, 0.6) is 0 Å². The summed E-state index contributed by atoms with van der Waals surface area (Å²) in [5.41, 5.74) is 12.0. The molecule has 0 atom stereocenters. The number of nitrogens with two attached hydrogens (primary N) is 1. The van der Waals surface area contributed by atoms with E-state index in [1.165, 1.54) is 22.3 Å². The van der Waals surface area contributed by atoms with E-state index in [2.05, 4.69) is 83.5 Å². The van der Waals surface area contributed by atoms with Gasteiger partial charge in [-0.1, -0.05) is 30.3 Å². The molecule has 0 bridgehead atoms. The molecule has 6 heteroatoms. The molecule has 1 aliphatic heterocycles. The van der Waals surface area contributed by atoms with Crippen molar-refractivity contribution >= 4 is 35.6 Å². The van der Waals surface area contributed by atoms with Gasteiger partial charge < -0.3 is 16.0 Å². The molecule has 0 radical (unpaired) electrons. The molecule has 1 heterocycles. The van der Waals surface area contributed by atoms with Gasteiger partial charge in [-0.25, -0.2) is 4.99 Å². The molecule has 1 aliphatic rings. The third kappa shape index (κ3) is 7.07. The molecule has 0 unspecified atom stereocenters. The van der Waals surface area contributed by atoms with Gasteiger partial charge in [0.25, 0.3) is 0 Å². The first-order valence-electron chi connectivity index (χ1n) is 9.62. The number of halogens is 1. The molecule has 2 aromatic rings. The topological polar surface area (TPSA) is 56.9 Å². The average molecular weight is 493 g/mol. The fourth-order valence-electron chi connectivity index (χ4n) is 3.42. The molecule has 0 saturated carbocycles. The molecule has 1 saturated heterocycles. The first kappa shape index (κ1) is 22.6. The summed E-state index contributed by atoms with van der Waals surface area (Å²) in [6.45, 7) is 10.3. The summed E-state index contributed by atoms with van der Waals surface area (Å²) in [5.74, 6) is 0.446. The summed E-state index contributed by atoms with van der Waals surface area (Å²) in [6, 6.07) is 15.0. The van der Waals surface area contributed by atoms with Crippen LogP contribution in [0.1, 0.15) is 22.3 Å². The lowest BCUT2D eigenvalue weighted by Gasteiger charge is -2.32. The number of nitrogens with zero attached hydrogens (tertiary/aromatic N) is 3. The van der Waals surface area contributed by atoms with Crippen LogP contribution < -0.4 is 11.1 Å². The maximum atomic E-state index is 6.05. The van der Waals surface area contributed by atoms with Crippen molar-refractivity contribution in [1.29, 1.82) is 0 Å². The second-order valence-corrected chi connectivity index (χ2v) is 7.60. The van der Waals surface area contributed by atoms with Gasteiger partial charge in [0, 0.05) is 38.4 Å². The van der Waals surface area contributed by atoms with Crippen LogP contribution in [0.2, 0.25) is 0 Å². The van der Waals surface area contributed by atoms with E-state index >= 15 is 0 Å². The van der Waals surface area contributed by atoms with Gasteiger partial charge >= 0.3 is 0 Å². The number of likely N-dealkylation sites (N-methyl/N-ethyl adjacent to an activating group) is 1. The molecule has 0 amide bonds. The summed E-state index contributed by atoms with van der Waals surface area (Å²) in [4.78, 5) is 9.37. The van der Waals surface area contributed by atoms with E-state index in [0.717, 1.165) is 38.4 Å². The Hall–Kier alpha value is -1.64. The number of anilines is 1. The van der Waals surface area contributed by atoms with Gasteiger partial charge in [0.05, 0.1) is 6.54 Å². The number of aliphatic imine (C=N–C) groups is 1. The Labute approximate surface area is 186 Å². The summed E-state index contributed by atoms with van der Waals surface area (Å²) >= 11 is 0. The van der Waals surface area contributed by atoms with Crippen LogP contribution in [0.25, 0.3) is 0 Å². The number of aryl methyl sites for hydroxylation is 2. The monoisotopic (exact) mass is 493 g/mol. The highest BCUT2D eigenvalue weighted by Crippen LogP contribution is 2.14. The van der Waals surface area contributed by atoms with Crippen molar-refractivity contribution in [1.82, 2.24) is 9.80 Å². The van der Waals surface area contributed by atoms with E-state index in [9.17, 15) is 0 Å². The van der Waals surface area contributed by atoms with Gasteiger partial charge in [-0.2, -0.15) is 0 Å². The van der Waals surface area contributed by atoms with E-state index in [-0.39, 0.29) is 24.0 Å². The van der Waals surface area contributed by atoms with Crippen molar-refractivity contribution in [3.8, 4) is 0 Å². The third-order valence-electron chi connectivity index (χ3n) is 4.95. The number of nitrogens with one attached hydrogen (secondary N) is 1. The minimum Gasteiger partial charge on any atom is -0.370 e. The van der Waals surface area contributed by atoms with Crippen LogP contribution >= 0.6 is 24.0 Å². The maximum Gasteiger partial charge on any atom is 0.193 e. The lowest BCUT2D eigenvalue weighted by atomic mass is 10.1. The molecule has 5 nitrogen and oxygen atoms in total. The van der Waals surface area contributed by atoms with Crippen LogP contribution in [-0.2, 0) is 13.1 Å². The molecule has 2 aromatic carbocycles. The highest BCUT2D eigenvalue weighted by molar-refractivity contribution is 14.0. The number of rotatable bonds is 5. The lowest BCUT2D eigenvalue weighted by Crippen LogP contribution is -2.43. The standard InChI is InChI=1S/C22H31N5.HI/c1-17-12-18(2)14-21(13-17)25-22(23)24-15-19-4-6-20(7-5-19)16-27-10-8-26(3)9-11-27;/h4-7,12-14H,8-11,15-16H2,1-3H3,(H3,23,24,25);1H. The highest BCUT2D eigenvalue weighted by Gasteiger charge is 2.13. The predicted octanol–water partition coefficient (Wildman–Crippen LogP) is 3.60. The van der Waals surface area contributed by atoms with Crippen LogP contribution in [0.15, 0.2) is 47.5 Å². The lowest BCUT2D eigenvalue weighted by molar-refractivity contribution is 0.148. The fourth-order valence-corrected chi connectivity index (χ4v) is 3.42. The van der Waals surface area contributed by atoms with Gasteiger partial charge in [0.1, 0.15) is 0 Å². The Morgan fingerprint density at radius 3 is 2.14 bits per heavy atom. The Morgan fingerprint density at radius 1 is 0.964 bits per heavy atom. The highest BCUT2D eigenvalue weighted by atomic mass is 127. The fraction of sp³-hybridized carbons (Fsp3) is 0.409. The molecular weight excluding hydrogens is 461 g/mol. The molecular formula is C22H32IN5. The number of hydrogen-bond donors (Lipinski definition) is 2. The molecule has 0 spiro atoms. The Kier molecular flexibility index (Phi) is 8.72. The van der Waals surface area contributed by atoms with Crippen molar-refractivity contribution < 1.29 is 0 Å². The largest absolute Gasteiger partial charge is 0.370 e. The third-order valence-corrected chi connectivity index (χ3v) is 4.95. The number of piperazine rings is 1. The van der Waals surface area contributed by atoms with E-state index < -0.39 is 0 Å². The van der Waals surface area contributed by atoms with Crippen molar-refractivity contribution in [2.75, 3.05) is 38.5 Å². The zero-order valence-corrected chi connectivity index (χ0v) is 19.4. The zero-order valence-electron chi connectivity index (χ0n) is 17.1. The van der Waals surface area contributed by atoms with Gasteiger partial charge in [0.2, 0.25) is 0 Å². The summed E-state index contributed by atoms with van der Waals surface area (Å²) in [5, 5.41) is 3.18. The van der Waals surface area contributed by atoms with Gasteiger partial charge in [-0.3, -0.25) is 4.90 Å². The number of benzene rings is 2. The summed E-state index contributed by atoms with van der Waals surface area (Å²) < 4.78 is 0. The van der Waals surface area contributed by atoms with Crippen molar-refractivity contribution in [2.24, 2.45) is 10.7 Å². The van der Waals surface area contributed by atoms with Gasteiger partial charge in [-0.05, 0) is 55.3 Å². The smallest absolute Gasteiger partial charge is 0.193 e. The molecule has 152 valence electrons. The maximum absolute atomic E-state index is 6.05. The quantitative estimate of drug-likeness (QED) is 0.380. The normalized spacial score (nSPS) is 15.9. The van der Waals surface area contributed by atoms with E-state index in [0.29, 0.717) is 12.5 Å². The van der Waals surface area contributed by atoms with Crippen LogP contribution in [0.4, 0.5) is 5.69 Å². The molecule has 3 N–H and O–H groups in total. The Balaban J connectivity index is 0.00000280. The second-order valence-electron chi connectivity index (χ2n) is 7.60. The number of guanidine groups is 1. The first-order chi connectivity index (χ1) is 13.0. The minimum absolute atomic E-state index is 0. The zero-order chi connectivity index (χ0) is 19.2. The van der Waals surface area contributed by atoms with E-state index in [1.807, 2.05) is 0 Å². The van der Waals surface area contributed by atoms with Gasteiger partial charge in [0.15, 0.2) is 5.96 Å². The SMILES string of the molecule is Cc1cc(C)cc(NC(N)=NCc2ccc(CN3CCN(C)CC3)cc2)c1.I. The molecule has 0 aliphatic carbocycles. The Bertz CT molecular complexity index is 760. The molecule has 0 aromatic heterocycles. The molecule has 28 heavy (non-hydrogen) atoms. The Morgan fingerprint density at radius 2 is 1.54 bits per heavy atom. The summed E-state index contributed by atoms with van der Waals surface area (Å²) in [7, 11) is 2.19. The molecule has 3 rings (SSSR count). The second kappa shape index (κ2) is 10.8. The van der Waals surface area contributed by atoms with Gasteiger partial charge in [-0.15, -0.1) is 24.0 Å². The minimum atomic E-state index is 0. The average Bonchev–Trinajstić information content (AvgIpc) is 2.62. The number of hydrogen-bond acceptors (Lipinski definition) is 3. The first-order valence-corrected chi connectivity index (χ1v) is 9.62.